The average molecular weight is 492 g/mol. The van der Waals surface area contributed by atoms with Gasteiger partial charge in [-0.3, -0.25) is 9.59 Å². The minimum absolute atomic E-state index is 0.202. The number of benzene rings is 4. The minimum atomic E-state index is -1.37. The van der Waals surface area contributed by atoms with Crippen molar-refractivity contribution in [1.82, 2.24) is 4.67 Å². The molecule has 3 aliphatic rings. The monoisotopic (exact) mass is 491 g/mol. The Bertz CT molecular complexity index is 1390. The van der Waals surface area contributed by atoms with Crippen molar-refractivity contribution in [3.63, 3.8) is 0 Å². The van der Waals surface area contributed by atoms with Crippen molar-refractivity contribution < 1.29 is 9.59 Å². The highest BCUT2D eigenvalue weighted by Gasteiger charge is 2.40. The van der Waals surface area contributed by atoms with Gasteiger partial charge in [-0.15, -0.1) is 0 Å². The molecule has 7 rings (SSSR count). The van der Waals surface area contributed by atoms with E-state index in [2.05, 4.69) is 21.9 Å². The fourth-order valence-electron chi connectivity index (χ4n) is 5.48. The molecule has 5 nitrogen and oxygen atoms in total. The molecule has 2 saturated heterocycles. The quantitative estimate of drug-likeness (QED) is 0.294. The van der Waals surface area contributed by atoms with Crippen LogP contribution in [0.15, 0.2) is 84.9 Å². The molecule has 36 heavy (non-hydrogen) atoms. The van der Waals surface area contributed by atoms with Gasteiger partial charge in [-0.2, -0.15) is 0 Å². The van der Waals surface area contributed by atoms with Gasteiger partial charge in [0.1, 0.15) is 0 Å². The summed E-state index contributed by atoms with van der Waals surface area (Å²) in [6, 6.07) is 28.0. The number of amides is 2. The van der Waals surface area contributed by atoms with Gasteiger partial charge in [0, 0.05) is 70.1 Å². The molecule has 2 fully saturated rings. The van der Waals surface area contributed by atoms with Crippen molar-refractivity contribution in [2.24, 2.45) is 0 Å². The molecule has 0 radical (unpaired) electrons. The second kappa shape index (κ2) is 8.46. The van der Waals surface area contributed by atoms with Crippen molar-refractivity contribution in [2.45, 2.75) is 12.8 Å². The third kappa shape index (κ3) is 3.19. The van der Waals surface area contributed by atoms with E-state index in [4.69, 9.17) is 0 Å². The van der Waals surface area contributed by atoms with Crippen molar-refractivity contribution in [2.75, 3.05) is 36.0 Å². The fraction of sp³-hybridized carbons (Fsp3) is 0.200. The highest BCUT2D eigenvalue weighted by molar-refractivity contribution is 7.72. The number of nitrogens with zero attached hydrogens (tertiary/aromatic N) is 3. The molecular formula is C30H26N3O2P. The van der Waals surface area contributed by atoms with Gasteiger partial charge in [0.2, 0.25) is 0 Å². The smallest absolute Gasteiger partial charge is 0.265 e. The van der Waals surface area contributed by atoms with E-state index >= 15 is 0 Å². The lowest BCUT2D eigenvalue weighted by molar-refractivity contribution is 0.0732. The van der Waals surface area contributed by atoms with Gasteiger partial charge in [0.05, 0.1) is 8.07 Å². The Morgan fingerprint density at radius 2 is 0.972 bits per heavy atom. The third-order valence-electron chi connectivity index (χ3n) is 7.56. The topological polar surface area (TPSA) is 43.9 Å². The molecule has 2 amide bonds. The lowest BCUT2D eigenvalue weighted by Gasteiger charge is -2.40. The van der Waals surface area contributed by atoms with Gasteiger partial charge in [-0.1, -0.05) is 60.7 Å². The first-order valence-electron chi connectivity index (χ1n) is 12.6. The Balaban J connectivity index is 1.44. The molecule has 0 bridgehead atoms. The highest BCUT2D eigenvalue weighted by atomic mass is 31.1. The summed E-state index contributed by atoms with van der Waals surface area (Å²) in [6.45, 7) is 4.05. The maximum Gasteiger partial charge on any atom is 0.265 e. The molecule has 178 valence electrons. The van der Waals surface area contributed by atoms with Crippen molar-refractivity contribution in [1.29, 1.82) is 0 Å². The van der Waals surface area contributed by atoms with E-state index in [9.17, 15) is 9.59 Å². The molecule has 0 aliphatic carbocycles. The predicted octanol–water partition coefficient (Wildman–Crippen LogP) is 4.90. The summed E-state index contributed by atoms with van der Waals surface area (Å²) in [5.74, 6) is -0.403. The molecule has 6 heteroatoms. The molecule has 0 spiro atoms. The standard InChI is InChI=1S/C30H26N3O2P/c34-29-23-13-15-25(31-17-7-18-31)28-26(32-19-8-20-32)16-14-24(27(23)28)30(35)33(29)36(21-9-3-1-4-10-21)22-11-5-2-6-12-22/h1-6,9-16H,7-8,17-20H2. The summed E-state index contributed by atoms with van der Waals surface area (Å²) in [6.07, 6.45) is 2.35. The normalized spacial score (nSPS) is 17.0. The summed E-state index contributed by atoms with van der Waals surface area (Å²) in [5, 5.41) is 3.85. The van der Waals surface area contributed by atoms with Gasteiger partial charge >= 0.3 is 0 Å². The minimum Gasteiger partial charge on any atom is -0.371 e. The zero-order valence-corrected chi connectivity index (χ0v) is 20.8. The van der Waals surface area contributed by atoms with Crippen molar-refractivity contribution >= 4 is 52.6 Å². The second-order valence-electron chi connectivity index (χ2n) is 9.60. The first kappa shape index (κ1) is 21.6. The fourth-order valence-corrected chi connectivity index (χ4v) is 7.73. The van der Waals surface area contributed by atoms with Crippen LogP contribution in [-0.2, 0) is 0 Å². The van der Waals surface area contributed by atoms with E-state index in [-0.39, 0.29) is 11.8 Å². The second-order valence-corrected chi connectivity index (χ2v) is 11.7. The molecule has 0 atom stereocenters. The molecule has 4 aromatic carbocycles. The van der Waals surface area contributed by atoms with E-state index in [1.165, 1.54) is 17.5 Å². The molecular weight excluding hydrogens is 465 g/mol. The highest BCUT2D eigenvalue weighted by Crippen LogP contribution is 2.48. The number of rotatable bonds is 5. The largest absolute Gasteiger partial charge is 0.371 e. The van der Waals surface area contributed by atoms with E-state index in [1.807, 2.05) is 72.8 Å². The van der Waals surface area contributed by atoms with E-state index in [0.29, 0.717) is 11.1 Å². The SMILES string of the molecule is O=C1c2ccc(N3CCC3)c3c(N4CCC4)ccc(c23)C(=O)N1P(c1ccccc1)c1ccccc1. The number of imide groups is 1. The molecule has 3 aliphatic heterocycles. The number of anilines is 2. The Hall–Kier alpha value is -3.69. The Morgan fingerprint density at radius 3 is 1.36 bits per heavy atom. The lowest BCUT2D eigenvalue weighted by atomic mass is 9.91. The zero-order chi connectivity index (χ0) is 24.2. The van der Waals surface area contributed by atoms with Crippen LogP contribution in [0.3, 0.4) is 0 Å². The van der Waals surface area contributed by atoms with Crippen LogP contribution in [0, 0.1) is 0 Å². The zero-order valence-electron chi connectivity index (χ0n) is 19.9. The summed E-state index contributed by atoms with van der Waals surface area (Å²) in [4.78, 5) is 33.2. The molecule has 3 heterocycles. The van der Waals surface area contributed by atoms with Crippen LogP contribution in [0.1, 0.15) is 33.6 Å². The van der Waals surface area contributed by atoms with E-state index in [1.54, 1.807) is 0 Å². The number of hydrogen-bond acceptors (Lipinski definition) is 4. The van der Waals surface area contributed by atoms with Gasteiger partial charge in [0.25, 0.3) is 11.8 Å². The van der Waals surface area contributed by atoms with Gasteiger partial charge < -0.3 is 9.80 Å². The number of carbonyl (C=O) groups is 2. The summed E-state index contributed by atoms with van der Waals surface area (Å²) < 4.78 is 1.53. The maximum atomic E-state index is 14.2. The van der Waals surface area contributed by atoms with Gasteiger partial charge in [0.15, 0.2) is 0 Å². The van der Waals surface area contributed by atoms with Gasteiger partial charge in [-0.05, 0) is 37.1 Å². The molecule has 4 aromatic rings. The van der Waals surface area contributed by atoms with Crippen LogP contribution in [0.5, 0.6) is 0 Å². The van der Waals surface area contributed by atoms with E-state index < -0.39 is 8.07 Å². The molecule has 0 saturated carbocycles. The number of carbonyl (C=O) groups excluding carboxylic acids is 2. The summed E-state index contributed by atoms with van der Waals surface area (Å²) >= 11 is 0. The first-order chi connectivity index (χ1) is 17.7. The maximum absolute atomic E-state index is 14.2. The number of hydrogen-bond donors (Lipinski definition) is 0. The van der Waals surface area contributed by atoms with Crippen LogP contribution in [0.4, 0.5) is 11.4 Å². The first-order valence-corrected chi connectivity index (χ1v) is 13.9. The van der Waals surface area contributed by atoms with Crippen LogP contribution in [-0.4, -0.2) is 42.7 Å². The van der Waals surface area contributed by atoms with Crippen LogP contribution >= 0.6 is 8.07 Å². The Morgan fingerprint density at radius 1 is 0.528 bits per heavy atom. The Labute approximate surface area is 211 Å². The van der Waals surface area contributed by atoms with Crippen LogP contribution in [0.2, 0.25) is 0 Å². The van der Waals surface area contributed by atoms with Gasteiger partial charge in [-0.25, -0.2) is 4.67 Å². The van der Waals surface area contributed by atoms with Crippen molar-refractivity contribution in [3.05, 3.63) is 96.1 Å². The average Bonchev–Trinajstić information content (AvgIpc) is 2.85. The van der Waals surface area contributed by atoms with Crippen LogP contribution < -0.4 is 20.4 Å². The lowest BCUT2D eigenvalue weighted by Crippen LogP contribution is -2.42. The van der Waals surface area contributed by atoms with Crippen molar-refractivity contribution in [3.8, 4) is 0 Å². The third-order valence-corrected chi connectivity index (χ3v) is 9.90. The Kier molecular flexibility index (Phi) is 5.07. The molecule has 0 N–H and O–H groups in total. The summed E-state index contributed by atoms with van der Waals surface area (Å²) in [7, 11) is -1.37. The predicted molar refractivity (Wildman–Crippen MR) is 147 cm³/mol. The van der Waals surface area contributed by atoms with Crippen LogP contribution in [0.25, 0.3) is 10.8 Å². The molecule has 0 unspecified atom stereocenters. The molecule has 0 aromatic heterocycles. The van der Waals surface area contributed by atoms with E-state index in [0.717, 1.165) is 58.9 Å². The summed E-state index contributed by atoms with van der Waals surface area (Å²) in [5.41, 5.74) is 3.55.